The lowest BCUT2D eigenvalue weighted by Crippen LogP contribution is -2.28. The van der Waals surface area contributed by atoms with Gasteiger partial charge in [-0.25, -0.2) is 4.68 Å². The Morgan fingerprint density at radius 3 is 2.61 bits per heavy atom. The van der Waals surface area contributed by atoms with Crippen LogP contribution in [0, 0.1) is 6.92 Å². The molecule has 4 aromatic rings. The minimum Gasteiger partial charge on any atom is -0.322 e. The molecule has 2 heterocycles. The van der Waals surface area contributed by atoms with Gasteiger partial charge in [0.1, 0.15) is 5.52 Å². The largest absolute Gasteiger partial charge is 0.322 e. The van der Waals surface area contributed by atoms with E-state index in [2.05, 4.69) is 34.9 Å². The summed E-state index contributed by atoms with van der Waals surface area (Å²) in [5.74, 6) is 0.427. The van der Waals surface area contributed by atoms with Crippen LogP contribution in [0.4, 0.5) is 5.69 Å². The minimum absolute atomic E-state index is 0.153. The van der Waals surface area contributed by atoms with Gasteiger partial charge in [0.15, 0.2) is 0 Å². The predicted molar refractivity (Wildman–Crippen MR) is 125 cm³/mol. The Labute approximate surface area is 182 Å². The summed E-state index contributed by atoms with van der Waals surface area (Å²) in [6, 6.07) is 22.1. The number of carbonyl (C=O) groups is 1. The van der Waals surface area contributed by atoms with Crippen LogP contribution in [0.1, 0.15) is 40.2 Å². The molecular formula is C26H26N4O. The van der Waals surface area contributed by atoms with E-state index in [1.54, 1.807) is 0 Å². The number of aryl methyl sites for hydroxylation is 1. The van der Waals surface area contributed by atoms with Gasteiger partial charge in [-0.1, -0.05) is 42.0 Å². The molecule has 1 amide bonds. The summed E-state index contributed by atoms with van der Waals surface area (Å²) in [6.07, 6.45) is 4.44. The highest BCUT2D eigenvalue weighted by Gasteiger charge is 2.16. The predicted octanol–water partition coefficient (Wildman–Crippen LogP) is 5.05. The molecule has 156 valence electrons. The van der Waals surface area contributed by atoms with Crippen molar-refractivity contribution in [3.8, 4) is 5.69 Å². The number of fused-ring (bicyclic) bond motifs is 1. The molecule has 0 saturated carbocycles. The van der Waals surface area contributed by atoms with Crippen LogP contribution in [-0.4, -0.2) is 28.8 Å². The molecule has 0 aliphatic carbocycles. The lowest BCUT2D eigenvalue weighted by molar-refractivity contribution is 0.102. The minimum atomic E-state index is -0.153. The maximum absolute atomic E-state index is 12.9. The molecule has 5 nitrogen and oxygen atoms in total. The fourth-order valence-corrected chi connectivity index (χ4v) is 4.23. The van der Waals surface area contributed by atoms with Gasteiger partial charge in [-0.3, -0.25) is 4.79 Å². The smallest absolute Gasteiger partial charge is 0.257 e. The summed E-state index contributed by atoms with van der Waals surface area (Å²) in [4.78, 5) is 12.9. The summed E-state index contributed by atoms with van der Waals surface area (Å²) >= 11 is 0. The third-order valence-corrected chi connectivity index (χ3v) is 6.02. The molecule has 0 bridgehead atoms. The van der Waals surface area contributed by atoms with Crippen molar-refractivity contribution in [3.05, 3.63) is 89.6 Å². The Balaban J connectivity index is 1.41. The highest BCUT2D eigenvalue weighted by molar-refractivity contribution is 6.11. The van der Waals surface area contributed by atoms with Crippen molar-refractivity contribution in [2.24, 2.45) is 0 Å². The first-order valence-corrected chi connectivity index (χ1v) is 10.8. The number of nitrogens with zero attached hydrogens (tertiary/aromatic N) is 2. The molecule has 1 aliphatic rings. The molecule has 31 heavy (non-hydrogen) atoms. The van der Waals surface area contributed by atoms with E-state index in [1.165, 1.54) is 18.4 Å². The van der Waals surface area contributed by atoms with Crippen molar-refractivity contribution >= 4 is 22.5 Å². The molecule has 0 unspecified atom stereocenters. The zero-order chi connectivity index (χ0) is 21.2. The van der Waals surface area contributed by atoms with Gasteiger partial charge in [-0.2, -0.15) is 5.10 Å². The first kappa shape index (κ1) is 19.5. The van der Waals surface area contributed by atoms with E-state index in [9.17, 15) is 4.79 Å². The fourth-order valence-electron chi connectivity index (χ4n) is 4.23. The van der Waals surface area contributed by atoms with Crippen LogP contribution in [0.15, 0.2) is 72.9 Å². The fraction of sp³-hybridized carbons (Fsp3) is 0.231. The number of piperidine rings is 1. The lowest BCUT2D eigenvalue weighted by Gasteiger charge is -2.23. The number of hydrogen-bond acceptors (Lipinski definition) is 3. The van der Waals surface area contributed by atoms with Crippen LogP contribution in [-0.2, 0) is 0 Å². The van der Waals surface area contributed by atoms with E-state index in [4.69, 9.17) is 5.10 Å². The van der Waals surface area contributed by atoms with E-state index in [1.807, 2.05) is 60.3 Å². The van der Waals surface area contributed by atoms with Crippen molar-refractivity contribution in [1.29, 1.82) is 0 Å². The number of nitrogens with one attached hydrogen (secondary N) is 2. The van der Waals surface area contributed by atoms with Crippen molar-refractivity contribution in [2.75, 3.05) is 18.4 Å². The second-order valence-electron chi connectivity index (χ2n) is 8.27. The maximum atomic E-state index is 12.9. The maximum Gasteiger partial charge on any atom is 0.257 e. The molecule has 1 fully saturated rings. The standard InChI is InChI=1S/C26H26N4O/c1-18-7-11-22(12-8-18)28-26(31)24-6-2-4-21-17-30(29-25(21)24)23-13-9-19(10-14-23)20-5-3-15-27-16-20/h2,4,6-14,17,20,27H,3,5,15-16H2,1H3,(H,28,31)/t20-/m1/s1. The van der Waals surface area contributed by atoms with E-state index in [0.717, 1.165) is 35.4 Å². The molecule has 0 radical (unpaired) electrons. The van der Waals surface area contributed by atoms with Gasteiger partial charge in [-0.15, -0.1) is 0 Å². The monoisotopic (exact) mass is 410 g/mol. The first-order valence-electron chi connectivity index (χ1n) is 10.8. The van der Waals surface area contributed by atoms with Gasteiger partial charge in [-0.05, 0) is 68.1 Å². The highest BCUT2D eigenvalue weighted by atomic mass is 16.1. The van der Waals surface area contributed by atoms with Crippen molar-refractivity contribution in [1.82, 2.24) is 15.1 Å². The summed E-state index contributed by atoms with van der Waals surface area (Å²) in [6.45, 7) is 4.19. The van der Waals surface area contributed by atoms with Crippen molar-refractivity contribution in [2.45, 2.75) is 25.7 Å². The van der Waals surface area contributed by atoms with Gasteiger partial charge >= 0.3 is 0 Å². The molecule has 5 rings (SSSR count). The second kappa shape index (κ2) is 8.36. The van der Waals surface area contributed by atoms with Gasteiger partial charge in [0.2, 0.25) is 0 Å². The van der Waals surface area contributed by atoms with Gasteiger partial charge in [0, 0.05) is 23.8 Å². The van der Waals surface area contributed by atoms with Crippen LogP contribution in [0.5, 0.6) is 0 Å². The highest BCUT2D eigenvalue weighted by Crippen LogP contribution is 2.25. The molecular weight excluding hydrogens is 384 g/mol. The number of carbonyl (C=O) groups excluding carboxylic acids is 1. The zero-order valence-corrected chi connectivity index (χ0v) is 17.6. The van der Waals surface area contributed by atoms with Gasteiger partial charge < -0.3 is 10.6 Å². The second-order valence-corrected chi connectivity index (χ2v) is 8.27. The van der Waals surface area contributed by atoms with Crippen molar-refractivity contribution in [3.63, 3.8) is 0 Å². The van der Waals surface area contributed by atoms with Gasteiger partial charge in [0.25, 0.3) is 5.91 Å². The summed E-state index contributed by atoms with van der Waals surface area (Å²) < 4.78 is 1.86. The average Bonchev–Trinajstić information content (AvgIpc) is 3.26. The summed E-state index contributed by atoms with van der Waals surface area (Å²) in [5, 5.41) is 12.1. The van der Waals surface area contributed by atoms with Crippen LogP contribution in [0.2, 0.25) is 0 Å². The Morgan fingerprint density at radius 1 is 1.06 bits per heavy atom. The quantitative estimate of drug-likeness (QED) is 0.495. The SMILES string of the molecule is Cc1ccc(NC(=O)c2cccc3cn(-c4ccc([C@@H]5CCCNC5)cc4)nc23)cc1. The van der Waals surface area contributed by atoms with Crippen LogP contribution < -0.4 is 10.6 Å². The summed E-state index contributed by atoms with van der Waals surface area (Å²) in [7, 11) is 0. The third-order valence-electron chi connectivity index (χ3n) is 6.02. The molecule has 2 N–H and O–H groups in total. The normalized spacial score (nSPS) is 16.4. The van der Waals surface area contributed by atoms with Crippen molar-refractivity contribution < 1.29 is 4.79 Å². The molecule has 3 aromatic carbocycles. The first-order chi connectivity index (χ1) is 15.2. The Morgan fingerprint density at radius 2 is 1.87 bits per heavy atom. The number of aromatic nitrogens is 2. The van der Waals surface area contributed by atoms with Crippen LogP contribution >= 0.6 is 0 Å². The third kappa shape index (κ3) is 4.09. The summed E-state index contributed by atoms with van der Waals surface area (Å²) in [5.41, 5.74) is 5.57. The number of hydrogen-bond donors (Lipinski definition) is 2. The van der Waals surface area contributed by atoms with E-state index in [0.29, 0.717) is 17.0 Å². The van der Waals surface area contributed by atoms with Crippen LogP contribution in [0.25, 0.3) is 16.6 Å². The molecule has 1 aliphatic heterocycles. The Bertz CT molecular complexity index is 1200. The van der Waals surface area contributed by atoms with Crippen LogP contribution in [0.3, 0.4) is 0 Å². The van der Waals surface area contributed by atoms with Gasteiger partial charge in [0.05, 0.1) is 11.3 Å². The van der Waals surface area contributed by atoms with E-state index >= 15 is 0 Å². The number of amides is 1. The Hall–Kier alpha value is -3.44. The number of benzene rings is 3. The molecule has 1 aromatic heterocycles. The molecule has 1 atom stereocenters. The topological polar surface area (TPSA) is 59.0 Å². The van der Waals surface area contributed by atoms with E-state index < -0.39 is 0 Å². The van der Waals surface area contributed by atoms with E-state index in [-0.39, 0.29) is 5.91 Å². The molecule has 0 spiro atoms. The average molecular weight is 411 g/mol. The number of anilines is 1. The number of rotatable bonds is 4. The zero-order valence-electron chi connectivity index (χ0n) is 17.6. The Kier molecular flexibility index (Phi) is 5.26. The lowest BCUT2D eigenvalue weighted by atomic mass is 9.92. The molecule has 5 heteroatoms. The molecule has 1 saturated heterocycles.